The molecule has 3 aliphatic heterocycles. The summed E-state index contributed by atoms with van der Waals surface area (Å²) in [5.74, 6) is 0.472. The van der Waals surface area contributed by atoms with E-state index in [1.165, 1.54) is 16.4 Å². The van der Waals surface area contributed by atoms with Gasteiger partial charge >= 0.3 is 0 Å². The van der Waals surface area contributed by atoms with Crippen LogP contribution in [0.3, 0.4) is 0 Å². The summed E-state index contributed by atoms with van der Waals surface area (Å²) in [6, 6.07) is 11.7. The molecule has 3 heterocycles. The van der Waals surface area contributed by atoms with Crippen LogP contribution in [0.5, 0.6) is 0 Å². The Morgan fingerprint density at radius 3 is 2.81 bits per heavy atom. The van der Waals surface area contributed by atoms with E-state index in [0.717, 1.165) is 48.8 Å². The summed E-state index contributed by atoms with van der Waals surface area (Å²) in [6.07, 6.45) is 4.07. The van der Waals surface area contributed by atoms with Crippen molar-refractivity contribution in [1.82, 2.24) is 19.3 Å². The molecule has 0 N–H and O–H groups in total. The second-order valence-corrected chi connectivity index (χ2v) is 7.75. The van der Waals surface area contributed by atoms with Crippen LogP contribution >= 0.6 is 11.8 Å². The van der Waals surface area contributed by atoms with Gasteiger partial charge in [-0.25, -0.2) is 4.98 Å². The molecule has 0 amide bonds. The van der Waals surface area contributed by atoms with Crippen molar-refractivity contribution < 1.29 is 0 Å². The normalized spacial score (nSPS) is 15.2. The fourth-order valence-electron chi connectivity index (χ4n) is 3.37. The number of hydrogen-bond donors (Lipinski definition) is 0. The van der Waals surface area contributed by atoms with Gasteiger partial charge in [0.25, 0.3) is 5.56 Å². The monoisotopic (exact) mass is 365 g/mol. The van der Waals surface area contributed by atoms with Crippen LogP contribution in [0.4, 0.5) is 0 Å². The quantitative estimate of drug-likeness (QED) is 0.526. The van der Waals surface area contributed by atoms with Crippen LogP contribution in [-0.4, -0.2) is 24.6 Å². The van der Waals surface area contributed by atoms with Crippen LogP contribution in [0, 0.1) is 11.3 Å². The molecule has 0 saturated carbocycles. The van der Waals surface area contributed by atoms with Crippen LogP contribution in [0.1, 0.15) is 31.9 Å². The van der Waals surface area contributed by atoms with Gasteiger partial charge in [0.05, 0.1) is 17.0 Å². The molecule has 1 unspecified atom stereocenters. The molecule has 0 aliphatic carbocycles. The summed E-state index contributed by atoms with van der Waals surface area (Å²) in [7, 11) is 0. The van der Waals surface area contributed by atoms with Crippen molar-refractivity contribution in [3.63, 3.8) is 0 Å². The number of para-hydroxylation sites is 1. The van der Waals surface area contributed by atoms with Crippen molar-refractivity contribution in [1.29, 1.82) is 5.26 Å². The van der Waals surface area contributed by atoms with E-state index < -0.39 is 0 Å². The molecule has 1 aromatic rings. The second-order valence-electron chi connectivity index (χ2n) is 6.44. The highest BCUT2D eigenvalue weighted by Gasteiger charge is 2.27. The molecule has 0 bridgehead atoms. The zero-order chi connectivity index (χ0) is 18.1. The maximum Gasteiger partial charge on any atom is 0.284 e. The lowest BCUT2D eigenvalue weighted by Crippen LogP contribution is -2.19. The minimum Gasteiger partial charge on any atom is -0.324 e. The molecule has 7 heteroatoms. The molecule has 0 spiro atoms. The number of rotatable bonds is 3. The van der Waals surface area contributed by atoms with Crippen molar-refractivity contribution in [2.45, 2.75) is 49.6 Å². The number of aromatic nitrogens is 4. The third-order valence-electron chi connectivity index (χ3n) is 4.63. The average molecular weight is 365 g/mol. The van der Waals surface area contributed by atoms with Crippen LogP contribution in [0.15, 0.2) is 40.3 Å². The van der Waals surface area contributed by atoms with Crippen LogP contribution < -0.4 is 5.56 Å². The number of thioether (sulfide) groups is 1. The van der Waals surface area contributed by atoms with E-state index in [2.05, 4.69) is 20.7 Å². The Hall–Kier alpha value is -2.59. The lowest BCUT2D eigenvalue weighted by molar-refractivity contribution is 0.571. The van der Waals surface area contributed by atoms with Crippen molar-refractivity contribution in [3.05, 3.63) is 46.4 Å². The number of nitriles is 1. The van der Waals surface area contributed by atoms with Crippen molar-refractivity contribution >= 4 is 11.8 Å². The summed E-state index contributed by atoms with van der Waals surface area (Å²) in [4.78, 5) is 17.8. The maximum absolute atomic E-state index is 13.1. The highest BCUT2D eigenvalue weighted by atomic mass is 32.2. The molecule has 26 heavy (non-hydrogen) atoms. The van der Waals surface area contributed by atoms with Gasteiger partial charge in [-0.15, -0.1) is 5.10 Å². The van der Waals surface area contributed by atoms with Gasteiger partial charge < -0.3 is 4.57 Å². The first-order valence-electron chi connectivity index (χ1n) is 8.83. The Morgan fingerprint density at radius 2 is 2.04 bits per heavy atom. The van der Waals surface area contributed by atoms with Gasteiger partial charge in [-0.3, -0.25) is 4.79 Å². The highest BCUT2D eigenvalue weighted by molar-refractivity contribution is 8.00. The van der Waals surface area contributed by atoms with Gasteiger partial charge in [0.15, 0.2) is 11.0 Å². The Balaban J connectivity index is 1.96. The smallest absolute Gasteiger partial charge is 0.284 e. The van der Waals surface area contributed by atoms with Gasteiger partial charge in [-0.05, 0) is 38.3 Å². The molecule has 4 rings (SSSR count). The number of benzene rings is 1. The predicted molar refractivity (Wildman–Crippen MR) is 101 cm³/mol. The van der Waals surface area contributed by atoms with E-state index in [0.29, 0.717) is 11.4 Å². The number of nitrogens with zero attached hydrogens (tertiary/aromatic N) is 5. The Bertz CT molecular complexity index is 1000. The zero-order valence-corrected chi connectivity index (χ0v) is 15.4. The van der Waals surface area contributed by atoms with E-state index in [4.69, 9.17) is 0 Å². The summed E-state index contributed by atoms with van der Waals surface area (Å²) in [6.45, 7) is 2.69. The average Bonchev–Trinajstić information content (AvgIpc) is 2.84. The SMILES string of the molecule is CC(C#N)Sc1nc2nn(-c3ccccc3)c(=O)c-2c2n1CCCCC2. The molecule has 1 atom stereocenters. The van der Waals surface area contributed by atoms with E-state index in [-0.39, 0.29) is 10.8 Å². The van der Waals surface area contributed by atoms with Gasteiger partial charge in [-0.2, -0.15) is 9.94 Å². The zero-order valence-electron chi connectivity index (χ0n) is 14.6. The molecule has 0 fully saturated rings. The van der Waals surface area contributed by atoms with Gasteiger partial charge in [0.2, 0.25) is 0 Å². The molecular formula is C19H19N5OS. The molecule has 0 saturated heterocycles. The van der Waals surface area contributed by atoms with E-state index in [1.54, 1.807) is 0 Å². The first kappa shape index (κ1) is 16.9. The standard InChI is InChI=1S/C19H19N5OS/c1-13(12-20)26-19-21-17-16(15-10-6-3-7-11-23(15)19)18(25)24(22-17)14-8-4-2-5-9-14/h2,4-5,8-9,13H,3,6-7,10-11H2,1H3. The van der Waals surface area contributed by atoms with Gasteiger partial charge in [-0.1, -0.05) is 36.4 Å². The lowest BCUT2D eigenvalue weighted by Gasteiger charge is -2.18. The minimum absolute atomic E-state index is 0.116. The Kier molecular flexibility index (Phi) is 4.51. The second kappa shape index (κ2) is 6.96. The van der Waals surface area contributed by atoms with Crippen molar-refractivity contribution in [3.8, 4) is 23.1 Å². The highest BCUT2D eigenvalue weighted by Crippen LogP contribution is 2.31. The predicted octanol–water partition coefficient (Wildman–Crippen LogP) is 3.26. The minimum atomic E-state index is -0.206. The maximum atomic E-state index is 13.1. The van der Waals surface area contributed by atoms with Crippen LogP contribution in [0.2, 0.25) is 0 Å². The molecule has 3 aliphatic rings. The van der Waals surface area contributed by atoms with Crippen molar-refractivity contribution in [2.75, 3.05) is 0 Å². The third kappa shape index (κ3) is 2.90. The molecule has 6 nitrogen and oxygen atoms in total. The van der Waals surface area contributed by atoms with Crippen LogP contribution in [0.25, 0.3) is 17.1 Å². The van der Waals surface area contributed by atoms with Gasteiger partial charge in [0, 0.05) is 12.2 Å². The lowest BCUT2D eigenvalue weighted by atomic mass is 10.1. The first-order chi connectivity index (χ1) is 12.7. The molecule has 132 valence electrons. The van der Waals surface area contributed by atoms with E-state index in [1.807, 2.05) is 37.3 Å². The summed E-state index contributed by atoms with van der Waals surface area (Å²) < 4.78 is 3.57. The largest absolute Gasteiger partial charge is 0.324 e. The number of fused-ring (bicyclic) bond motifs is 3. The van der Waals surface area contributed by atoms with Crippen LogP contribution in [-0.2, 0) is 13.0 Å². The van der Waals surface area contributed by atoms with Gasteiger partial charge in [0.1, 0.15) is 5.56 Å². The Morgan fingerprint density at radius 1 is 1.23 bits per heavy atom. The summed E-state index contributed by atoms with van der Waals surface area (Å²) in [5, 5.41) is 14.3. The summed E-state index contributed by atoms with van der Waals surface area (Å²) >= 11 is 1.43. The molecule has 0 radical (unpaired) electrons. The fraction of sp³-hybridized carbons (Fsp3) is 0.368. The third-order valence-corrected chi connectivity index (χ3v) is 5.61. The number of hydrogen-bond acceptors (Lipinski definition) is 5. The summed E-state index contributed by atoms with van der Waals surface area (Å²) in [5.41, 5.74) is 2.24. The van der Waals surface area contributed by atoms with E-state index in [9.17, 15) is 10.1 Å². The molecular weight excluding hydrogens is 346 g/mol. The fourth-order valence-corrected chi connectivity index (χ4v) is 4.21. The molecule has 0 aromatic heterocycles. The Labute approximate surface area is 155 Å². The first-order valence-corrected chi connectivity index (χ1v) is 9.71. The molecule has 1 aromatic carbocycles. The van der Waals surface area contributed by atoms with E-state index >= 15 is 0 Å². The van der Waals surface area contributed by atoms with Crippen molar-refractivity contribution in [2.24, 2.45) is 0 Å². The topological polar surface area (TPSA) is 76.5 Å².